The zero-order valence-electron chi connectivity index (χ0n) is 14.4. The number of hydrogen-bond acceptors (Lipinski definition) is 4. The maximum atomic E-state index is 12.6. The number of imide groups is 1. The molecule has 0 atom stereocenters. The molecule has 0 saturated carbocycles. The first-order chi connectivity index (χ1) is 10.7. The number of anilines is 1. The van der Waals surface area contributed by atoms with Crippen molar-refractivity contribution in [3.05, 3.63) is 25.2 Å². The van der Waals surface area contributed by atoms with E-state index in [0.717, 1.165) is 4.90 Å². The van der Waals surface area contributed by atoms with Gasteiger partial charge in [0.1, 0.15) is 11.2 Å². The van der Waals surface area contributed by atoms with Crippen molar-refractivity contribution in [2.75, 3.05) is 4.90 Å². The summed E-state index contributed by atoms with van der Waals surface area (Å²) in [6.07, 6.45) is -1.63. The fourth-order valence-corrected chi connectivity index (χ4v) is 2.96. The number of nitrogens with zero attached hydrogens (tertiary/aromatic N) is 1. The van der Waals surface area contributed by atoms with Gasteiger partial charge in [-0.1, -0.05) is 11.6 Å². The topological polar surface area (TPSA) is 55.8 Å². The normalized spacial score (nSPS) is 11.9. The average Bonchev–Trinajstić information content (AvgIpc) is 2.31. The van der Waals surface area contributed by atoms with E-state index in [9.17, 15) is 9.59 Å². The zero-order chi connectivity index (χ0) is 18.9. The van der Waals surface area contributed by atoms with Crippen LogP contribution in [0.4, 0.5) is 15.3 Å². The first-order valence-corrected chi connectivity index (χ1v) is 9.37. The molecule has 0 aliphatic heterocycles. The van der Waals surface area contributed by atoms with Crippen LogP contribution in [0.2, 0.25) is 5.02 Å². The Labute approximate surface area is 169 Å². The molecule has 0 bridgehead atoms. The molecular weight excluding hydrogens is 512 g/mol. The molecule has 1 aromatic rings. The quantitative estimate of drug-likeness (QED) is 0.311. The van der Waals surface area contributed by atoms with Gasteiger partial charge in [0.05, 0.1) is 10.7 Å². The van der Waals surface area contributed by atoms with E-state index in [1.165, 1.54) is 0 Å². The van der Waals surface area contributed by atoms with E-state index in [2.05, 4.69) is 15.9 Å². The van der Waals surface area contributed by atoms with Crippen LogP contribution in [0, 0.1) is 3.57 Å². The molecule has 0 aliphatic carbocycles. The third-order valence-electron chi connectivity index (χ3n) is 2.38. The second kappa shape index (κ2) is 7.78. The summed E-state index contributed by atoms with van der Waals surface area (Å²) < 4.78 is 11.9. The summed E-state index contributed by atoms with van der Waals surface area (Å²) in [4.78, 5) is 26.0. The van der Waals surface area contributed by atoms with Crippen molar-refractivity contribution in [3.8, 4) is 0 Å². The van der Waals surface area contributed by atoms with Gasteiger partial charge in [0.2, 0.25) is 0 Å². The van der Waals surface area contributed by atoms with Crippen molar-refractivity contribution in [1.29, 1.82) is 0 Å². The highest BCUT2D eigenvalue weighted by Gasteiger charge is 2.34. The lowest BCUT2D eigenvalue weighted by Gasteiger charge is -2.29. The molecule has 24 heavy (non-hydrogen) atoms. The van der Waals surface area contributed by atoms with Gasteiger partial charge >= 0.3 is 12.2 Å². The number of rotatable bonds is 1. The minimum atomic E-state index is -0.816. The van der Waals surface area contributed by atoms with Gasteiger partial charge in [0.25, 0.3) is 0 Å². The number of amides is 2. The van der Waals surface area contributed by atoms with Gasteiger partial charge in [0, 0.05) is 8.04 Å². The van der Waals surface area contributed by atoms with Crippen molar-refractivity contribution in [3.63, 3.8) is 0 Å². The molecule has 2 amide bonds. The molecule has 0 aliphatic rings. The number of benzene rings is 1. The van der Waals surface area contributed by atoms with E-state index in [-0.39, 0.29) is 0 Å². The van der Waals surface area contributed by atoms with Crippen LogP contribution in [0.25, 0.3) is 0 Å². The standard InChI is InChI=1S/C16H20BrClINO4/c1-15(2,3)23-13(21)20(14(22)24-16(4,5)6)12-7-9(17)10(18)8-11(12)19/h7-8H,1-6H3. The highest BCUT2D eigenvalue weighted by molar-refractivity contribution is 14.1. The van der Waals surface area contributed by atoms with Gasteiger partial charge in [-0.3, -0.25) is 0 Å². The second-order valence-corrected chi connectivity index (χ2v) is 9.44. The molecule has 0 unspecified atom stereocenters. The Morgan fingerprint density at radius 2 is 1.46 bits per heavy atom. The molecule has 0 saturated heterocycles. The lowest BCUT2D eigenvalue weighted by Crippen LogP contribution is -2.44. The Hall–Kier alpha value is -0.540. The maximum absolute atomic E-state index is 12.6. The first-order valence-electron chi connectivity index (χ1n) is 7.12. The number of carbonyl (C=O) groups excluding carboxylic acids is 2. The summed E-state index contributed by atoms with van der Waals surface area (Å²) in [5.74, 6) is 0. The number of carbonyl (C=O) groups is 2. The fourth-order valence-electron chi connectivity index (χ4n) is 1.57. The summed E-state index contributed by atoms with van der Waals surface area (Å²) in [5, 5.41) is 0.469. The molecule has 0 spiro atoms. The maximum Gasteiger partial charge on any atom is 0.424 e. The van der Waals surface area contributed by atoms with Crippen LogP contribution in [0.15, 0.2) is 16.6 Å². The molecule has 0 N–H and O–H groups in total. The third kappa shape index (κ3) is 6.40. The monoisotopic (exact) mass is 531 g/mol. The van der Waals surface area contributed by atoms with Crippen LogP contribution in [-0.2, 0) is 9.47 Å². The summed E-state index contributed by atoms with van der Waals surface area (Å²) >= 11 is 11.4. The Morgan fingerprint density at radius 1 is 1.04 bits per heavy atom. The van der Waals surface area contributed by atoms with Crippen molar-refractivity contribution < 1.29 is 19.1 Å². The van der Waals surface area contributed by atoms with E-state index < -0.39 is 23.4 Å². The van der Waals surface area contributed by atoms with Crippen LogP contribution in [0.3, 0.4) is 0 Å². The highest BCUT2D eigenvalue weighted by Crippen LogP contribution is 2.34. The van der Waals surface area contributed by atoms with E-state index in [4.69, 9.17) is 21.1 Å². The van der Waals surface area contributed by atoms with Gasteiger partial charge in [-0.15, -0.1) is 0 Å². The van der Waals surface area contributed by atoms with E-state index in [0.29, 0.717) is 18.8 Å². The van der Waals surface area contributed by atoms with Crippen LogP contribution in [0.1, 0.15) is 41.5 Å². The molecule has 0 heterocycles. The van der Waals surface area contributed by atoms with Gasteiger partial charge in [-0.2, -0.15) is 4.90 Å². The van der Waals surface area contributed by atoms with Crippen molar-refractivity contribution in [2.24, 2.45) is 0 Å². The summed E-state index contributed by atoms with van der Waals surface area (Å²) in [7, 11) is 0. The molecule has 1 aromatic carbocycles. The Kier molecular flexibility index (Phi) is 6.97. The fraction of sp³-hybridized carbons (Fsp3) is 0.500. The van der Waals surface area contributed by atoms with Gasteiger partial charge in [0.15, 0.2) is 0 Å². The molecular formula is C16H20BrClINO4. The summed E-state index contributed by atoms with van der Waals surface area (Å²) in [6.45, 7) is 10.3. The molecule has 1 rings (SSSR count). The summed E-state index contributed by atoms with van der Waals surface area (Å²) in [6, 6.07) is 3.22. The molecule has 134 valence electrons. The Morgan fingerprint density at radius 3 is 1.83 bits per heavy atom. The predicted octanol–water partition coefficient (Wildman–Crippen LogP) is 6.38. The largest absolute Gasteiger partial charge is 0.443 e. The summed E-state index contributed by atoms with van der Waals surface area (Å²) in [5.41, 5.74) is -1.19. The van der Waals surface area contributed by atoms with Crippen molar-refractivity contribution in [2.45, 2.75) is 52.7 Å². The molecule has 5 nitrogen and oxygen atoms in total. The molecule has 0 fully saturated rings. The van der Waals surface area contributed by atoms with Crippen LogP contribution < -0.4 is 4.90 Å². The van der Waals surface area contributed by atoms with Gasteiger partial charge < -0.3 is 9.47 Å². The smallest absolute Gasteiger partial charge is 0.424 e. The predicted molar refractivity (Wildman–Crippen MR) is 107 cm³/mol. The minimum Gasteiger partial charge on any atom is -0.443 e. The highest BCUT2D eigenvalue weighted by atomic mass is 127. The zero-order valence-corrected chi connectivity index (χ0v) is 18.9. The van der Waals surface area contributed by atoms with E-state index in [1.54, 1.807) is 53.7 Å². The lowest BCUT2D eigenvalue weighted by molar-refractivity contribution is 0.0430. The van der Waals surface area contributed by atoms with Crippen LogP contribution >= 0.6 is 50.1 Å². The SMILES string of the molecule is CC(C)(C)OC(=O)N(C(=O)OC(C)(C)C)c1cc(Br)c(Cl)cc1I. The van der Waals surface area contributed by atoms with Crippen LogP contribution in [0.5, 0.6) is 0 Å². The van der Waals surface area contributed by atoms with Gasteiger partial charge in [-0.25, -0.2) is 9.59 Å². The van der Waals surface area contributed by atoms with Gasteiger partial charge in [-0.05, 0) is 92.2 Å². The minimum absolute atomic E-state index is 0.329. The molecule has 0 aromatic heterocycles. The van der Waals surface area contributed by atoms with E-state index in [1.807, 2.05) is 22.6 Å². The van der Waals surface area contributed by atoms with Crippen LogP contribution in [-0.4, -0.2) is 23.4 Å². The first kappa shape index (κ1) is 21.5. The molecule has 0 radical (unpaired) electrons. The third-order valence-corrected chi connectivity index (χ3v) is 4.44. The van der Waals surface area contributed by atoms with Crippen molar-refractivity contribution >= 4 is 68.0 Å². The second-order valence-electron chi connectivity index (χ2n) is 7.01. The number of ether oxygens (including phenoxy) is 2. The number of hydrogen-bond donors (Lipinski definition) is 0. The van der Waals surface area contributed by atoms with E-state index >= 15 is 0 Å². The van der Waals surface area contributed by atoms with Crippen molar-refractivity contribution in [1.82, 2.24) is 0 Å². The Balaban J connectivity index is 3.36. The average molecular weight is 533 g/mol. The lowest BCUT2D eigenvalue weighted by atomic mass is 10.2. The Bertz CT molecular complexity index is 625. The molecule has 8 heteroatoms. The number of halogens is 3.